The van der Waals surface area contributed by atoms with Crippen LogP contribution in [0.5, 0.6) is 0 Å². The molecule has 0 radical (unpaired) electrons. The first kappa shape index (κ1) is 11.1. The molecule has 0 saturated heterocycles. The Kier molecular flexibility index (Phi) is 3.61. The molecule has 1 rings (SSSR count). The maximum Gasteiger partial charge on any atom is 0.0898 e. The summed E-state index contributed by atoms with van der Waals surface area (Å²) >= 11 is 0. The number of pyridine rings is 1. The molecule has 3 nitrogen and oxygen atoms in total. The van der Waals surface area contributed by atoms with Crippen LogP contribution < -0.4 is 5.32 Å². The minimum absolute atomic E-state index is 0.691. The van der Waals surface area contributed by atoms with Gasteiger partial charge in [-0.05, 0) is 45.5 Å². The van der Waals surface area contributed by atoms with Crippen molar-refractivity contribution in [1.29, 1.82) is 0 Å². The molecule has 0 aliphatic carbocycles. The Morgan fingerprint density at radius 3 is 2.86 bits per heavy atom. The molecule has 2 N–H and O–H groups in total. The van der Waals surface area contributed by atoms with Crippen molar-refractivity contribution >= 4 is 0 Å². The minimum Gasteiger partial charge on any atom is -0.385 e. The first-order valence-electron chi connectivity index (χ1n) is 4.86. The Morgan fingerprint density at radius 2 is 2.29 bits per heavy atom. The number of aryl methyl sites for hydroxylation is 1. The van der Waals surface area contributed by atoms with Crippen LogP contribution in [0.3, 0.4) is 0 Å². The fraction of sp³-hybridized carbons (Fsp3) is 0.545. The van der Waals surface area contributed by atoms with Gasteiger partial charge in [0.2, 0.25) is 0 Å². The van der Waals surface area contributed by atoms with Gasteiger partial charge in [-0.1, -0.05) is 0 Å². The van der Waals surface area contributed by atoms with Gasteiger partial charge in [-0.3, -0.25) is 4.98 Å². The zero-order valence-corrected chi connectivity index (χ0v) is 9.04. The second-order valence-corrected chi connectivity index (χ2v) is 3.82. The van der Waals surface area contributed by atoms with Crippen molar-refractivity contribution < 1.29 is 5.11 Å². The first-order valence-corrected chi connectivity index (χ1v) is 4.86. The van der Waals surface area contributed by atoms with Gasteiger partial charge >= 0.3 is 0 Å². The number of rotatable bonds is 4. The highest BCUT2D eigenvalue weighted by Gasteiger charge is 2.24. The molecule has 14 heavy (non-hydrogen) atoms. The molecular weight excluding hydrogens is 176 g/mol. The molecule has 0 amide bonds. The summed E-state index contributed by atoms with van der Waals surface area (Å²) in [6, 6.07) is 1.92. The molecule has 1 unspecified atom stereocenters. The van der Waals surface area contributed by atoms with E-state index in [0.717, 1.165) is 17.7 Å². The predicted octanol–water partition coefficient (Wildman–Crippen LogP) is 1.21. The summed E-state index contributed by atoms with van der Waals surface area (Å²) in [5, 5.41) is 13.3. The van der Waals surface area contributed by atoms with Crippen LogP contribution >= 0.6 is 0 Å². The average Bonchev–Trinajstić information content (AvgIpc) is 2.15. The third-order valence-electron chi connectivity index (χ3n) is 2.48. The van der Waals surface area contributed by atoms with E-state index < -0.39 is 5.60 Å². The summed E-state index contributed by atoms with van der Waals surface area (Å²) in [6.45, 7) is 4.61. The van der Waals surface area contributed by atoms with Crippen LogP contribution in [-0.2, 0) is 5.60 Å². The number of aliphatic hydroxyl groups is 1. The van der Waals surface area contributed by atoms with E-state index in [-0.39, 0.29) is 0 Å². The molecule has 0 aliphatic heterocycles. The van der Waals surface area contributed by atoms with E-state index in [4.69, 9.17) is 0 Å². The summed E-state index contributed by atoms with van der Waals surface area (Å²) in [6.07, 6.45) is 4.17. The van der Waals surface area contributed by atoms with Crippen LogP contribution in [0.2, 0.25) is 0 Å². The van der Waals surface area contributed by atoms with E-state index in [0.29, 0.717) is 6.42 Å². The zero-order valence-electron chi connectivity index (χ0n) is 9.04. The molecular formula is C11H18N2O. The summed E-state index contributed by atoms with van der Waals surface area (Å²) < 4.78 is 0. The number of nitrogens with zero attached hydrogens (tertiary/aromatic N) is 1. The van der Waals surface area contributed by atoms with Gasteiger partial charge in [0, 0.05) is 18.0 Å². The fourth-order valence-corrected chi connectivity index (χ4v) is 1.53. The van der Waals surface area contributed by atoms with Gasteiger partial charge in [-0.15, -0.1) is 0 Å². The van der Waals surface area contributed by atoms with Gasteiger partial charge in [0.05, 0.1) is 5.60 Å². The molecule has 3 heteroatoms. The molecule has 1 aromatic rings. The second-order valence-electron chi connectivity index (χ2n) is 3.82. The van der Waals surface area contributed by atoms with E-state index in [1.807, 2.05) is 27.0 Å². The van der Waals surface area contributed by atoms with Crippen LogP contribution in [-0.4, -0.2) is 23.7 Å². The van der Waals surface area contributed by atoms with Crippen molar-refractivity contribution in [2.75, 3.05) is 13.6 Å². The Bertz CT molecular complexity index is 297. The molecule has 0 fully saturated rings. The lowest BCUT2D eigenvalue weighted by Crippen LogP contribution is -2.27. The van der Waals surface area contributed by atoms with Gasteiger partial charge < -0.3 is 10.4 Å². The van der Waals surface area contributed by atoms with Crippen LogP contribution in [0.25, 0.3) is 0 Å². The third kappa shape index (κ3) is 2.53. The lowest BCUT2D eigenvalue weighted by atomic mass is 9.91. The van der Waals surface area contributed by atoms with Crippen LogP contribution in [0.15, 0.2) is 18.5 Å². The van der Waals surface area contributed by atoms with Gasteiger partial charge in [-0.2, -0.15) is 0 Å². The van der Waals surface area contributed by atoms with Crippen LogP contribution in [0, 0.1) is 6.92 Å². The van der Waals surface area contributed by atoms with E-state index in [2.05, 4.69) is 10.3 Å². The molecule has 1 heterocycles. The summed E-state index contributed by atoms with van der Waals surface area (Å²) in [5.74, 6) is 0. The molecule has 0 aliphatic rings. The standard InChI is InChI=1S/C11H18N2O/c1-9-4-6-13-8-10(9)11(2,14)5-7-12-3/h4,6,8,12,14H,5,7H2,1-3H3. The highest BCUT2D eigenvalue weighted by Crippen LogP contribution is 2.25. The quantitative estimate of drug-likeness (QED) is 0.757. The Hall–Kier alpha value is -0.930. The summed E-state index contributed by atoms with van der Waals surface area (Å²) in [7, 11) is 1.88. The number of nitrogens with one attached hydrogen (secondary N) is 1. The molecule has 0 aromatic carbocycles. The summed E-state index contributed by atoms with van der Waals surface area (Å²) in [4.78, 5) is 4.04. The molecule has 1 atom stereocenters. The predicted molar refractivity (Wildman–Crippen MR) is 57.1 cm³/mol. The Labute approximate surface area is 85.2 Å². The monoisotopic (exact) mass is 194 g/mol. The average molecular weight is 194 g/mol. The second kappa shape index (κ2) is 4.53. The largest absolute Gasteiger partial charge is 0.385 e. The third-order valence-corrected chi connectivity index (χ3v) is 2.48. The lowest BCUT2D eigenvalue weighted by molar-refractivity contribution is 0.0475. The SMILES string of the molecule is CNCCC(C)(O)c1cnccc1C. The highest BCUT2D eigenvalue weighted by atomic mass is 16.3. The van der Waals surface area contributed by atoms with Crippen LogP contribution in [0.1, 0.15) is 24.5 Å². The molecule has 1 aromatic heterocycles. The van der Waals surface area contributed by atoms with Crippen molar-refractivity contribution in [3.8, 4) is 0 Å². The van der Waals surface area contributed by atoms with E-state index in [1.165, 1.54) is 0 Å². The Morgan fingerprint density at radius 1 is 1.57 bits per heavy atom. The van der Waals surface area contributed by atoms with Crippen molar-refractivity contribution in [2.45, 2.75) is 25.9 Å². The normalized spacial score (nSPS) is 15.1. The van der Waals surface area contributed by atoms with E-state index >= 15 is 0 Å². The van der Waals surface area contributed by atoms with Crippen LogP contribution in [0.4, 0.5) is 0 Å². The maximum absolute atomic E-state index is 10.2. The smallest absolute Gasteiger partial charge is 0.0898 e. The molecule has 0 bridgehead atoms. The minimum atomic E-state index is -0.790. The lowest BCUT2D eigenvalue weighted by Gasteiger charge is -2.24. The maximum atomic E-state index is 10.2. The Balaban J connectivity index is 2.86. The van der Waals surface area contributed by atoms with Gasteiger partial charge in [0.15, 0.2) is 0 Å². The summed E-state index contributed by atoms with van der Waals surface area (Å²) in [5.41, 5.74) is 1.21. The van der Waals surface area contributed by atoms with Crippen molar-refractivity contribution in [3.63, 3.8) is 0 Å². The molecule has 0 saturated carbocycles. The number of hydrogen-bond acceptors (Lipinski definition) is 3. The van der Waals surface area contributed by atoms with Gasteiger partial charge in [0.25, 0.3) is 0 Å². The zero-order chi connectivity index (χ0) is 10.6. The highest BCUT2D eigenvalue weighted by molar-refractivity contribution is 5.27. The topological polar surface area (TPSA) is 45.1 Å². The molecule has 0 spiro atoms. The van der Waals surface area contributed by atoms with Crippen molar-refractivity contribution in [2.24, 2.45) is 0 Å². The molecule has 78 valence electrons. The van der Waals surface area contributed by atoms with Crippen molar-refractivity contribution in [3.05, 3.63) is 29.6 Å². The first-order chi connectivity index (χ1) is 6.58. The van der Waals surface area contributed by atoms with E-state index in [9.17, 15) is 5.11 Å². The number of hydrogen-bond donors (Lipinski definition) is 2. The van der Waals surface area contributed by atoms with Gasteiger partial charge in [-0.25, -0.2) is 0 Å². The van der Waals surface area contributed by atoms with Gasteiger partial charge in [0.1, 0.15) is 0 Å². The van der Waals surface area contributed by atoms with E-state index in [1.54, 1.807) is 12.4 Å². The van der Waals surface area contributed by atoms with Crippen molar-refractivity contribution in [1.82, 2.24) is 10.3 Å². The number of aromatic nitrogens is 1. The fourth-order valence-electron chi connectivity index (χ4n) is 1.53.